The number of rotatable bonds is 7. The van der Waals surface area contributed by atoms with Crippen LogP contribution in [0.2, 0.25) is 0 Å². The zero-order valence-electron chi connectivity index (χ0n) is 9.95. The quantitative estimate of drug-likeness (QED) is 0.738. The fourth-order valence-corrected chi connectivity index (χ4v) is 1.45. The number of ether oxygens (including phenoxy) is 1. The average molecular weight is 259 g/mol. The van der Waals surface area contributed by atoms with Crippen molar-refractivity contribution in [3.05, 3.63) is 29.3 Å². The highest BCUT2D eigenvalue weighted by Crippen LogP contribution is 2.14. The number of anilines is 1. The standard InChI is InChI=1S/C12H15F2NO3/c1-8-6-9(2-3-10(8)12(16)17)15-4-5-18-7-11(13)14/h2-3,6,11,15H,4-5,7H2,1H3,(H,16,17). The lowest BCUT2D eigenvalue weighted by Crippen LogP contribution is -2.13. The Balaban J connectivity index is 2.39. The number of carboxylic acid groups (broad SMARTS) is 1. The summed E-state index contributed by atoms with van der Waals surface area (Å²) in [4.78, 5) is 10.8. The van der Waals surface area contributed by atoms with Crippen molar-refractivity contribution in [3.8, 4) is 0 Å². The molecule has 0 aromatic heterocycles. The molecule has 6 heteroatoms. The monoisotopic (exact) mass is 259 g/mol. The van der Waals surface area contributed by atoms with Crippen LogP contribution in [0.4, 0.5) is 14.5 Å². The molecule has 0 saturated heterocycles. The van der Waals surface area contributed by atoms with E-state index >= 15 is 0 Å². The predicted molar refractivity (Wildman–Crippen MR) is 63.5 cm³/mol. The van der Waals surface area contributed by atoms with Gasteiger partial charge in [0.15, 0.2) is 0 Å². The van der Waals surface area contributed by atoms with E-state index in [4.69, 9.17) is 9.84 Å². The number of benzene rings is 1. The molecule has 1 aromatic rings. The normalized spacial score (nSPS) is 10.7. The summed E-state index contributed by atoms with van der Waals surface area (Å²) in [6.45, 7) is 1.68. The van der Waals surface area contributed by atoms with Crippen molar-refractivity contribution >= 4 is 11.7 Å². The molecular weight excluding hydrogens is 244 g/mol. The van der Waals surface area contributed by atoms with E-state index in [0.29, 0.717) is 12.1 Å². The molecule has 4 nitrogen and oxygen atoms in total. The van der Waals surface area contributed by atoms with Gasteiger partial charge in [0.2, 0.25) is 0 Å². The van der Waals surface area contributed by atoms with Crippen molar-refractivity contribution in [2.45, 2.75) is 13.3 Å². The van der Waals surface area contributed by atoms with Gasteiger partial charge < -0.3 is 15.2 Å². The van der Waals surface area contributed by atoms with Crippen molar-refractivity contribution < 1.29 is 23.4 Å². The Hall–Kier alpha value is -1.69. The molecule has 0 heterocycles. The van der Waals surface area contributed by atoms with Crippen LogP contribution in [0.15, 0.2) is 18.2 Å². The third-order valence-corrected chi connectivity index (χ3v) is 2.28. The summed E-state index contributed by atoms with van der Waals surface area (Å²) in [5, 5.41) is 11.8. The molecule has 0 unspecified atom stereocenters. The summed E-state index contributed by atoms with van der Waals surface area (Å²) >= 11 is 0. The minimum absolute atomic E-state index is 0.171. The zero-order chi connectivity index (χ0) is 13.5. The Bertz CT molecular complexity index is 410. The first-order valence-corrected chi connectivity index (χ1v) is 5.44. The van der Waals surface area contributed by atoms with Gasteiger partial charge in [-0.05, 0) is 30.7 Å². The Labute approximate surface area is 104 Å². The molecule has 0 radical (unpaired) electrons. The highest BCUT2D eigenvalue weighted by molar-refractivity contribution is 5.89. The summed E-state index contributed by atoms with van der Waals surface area (Å²) in [6, 6.07) is 4.82. The number of hydrogen-bond donors (Lipinski definition) is 2. The highest BCUT2D eigenvalue weighted by Gasteiger charge is 2.06. The largest absolute Gasteiger partial charge is 0.478 e. The molecular formula is C12H15F2NO3. The van der Waals surface area contributed by atoms with Gasteiger partial charge in [0.25, 0.3) is 6.43 Å². The van der Waals surface area contributed by atoms with Gasteiger partial charge in [-0.15, -0.1) is 0 Å². The van der Waals surface area contributed by atoms with Gasteiger partial charge in [0.1, 0.15) is 6.61 Å². The molecule has 0 fully saturated rings. The van der Waals surface area contributed by atoms with Crippen molar-refractivity contribution in [2.24, 2.45) is 0 Å². The Morgan fingerprint density at radius 3 is 2.78 bits per heavy atom. The molecule has 0 saturated carbocycles. The molecule has 0 aliphatic rings. The van der Waals surface area contributed by atoms with Crippen LogP contribution in [0.1, 0.15) is 15.9 Å². The Kier molecular flexibility index (Phi) is 5.51. The number of aryl methyl sites for hydroxylation is 1. The van der Waals surface area contributed by atoms with Crippen molar-refractivity contribution in [3.63, 3.8) is 0 Å². The van der Waals surface area contributed by atoms with E-state index in [-0.39, 0.29) is 12.2 Å². The number of aromatic carboxylic acids is 1. The maximum atomic E-state index is 11.8. The maximum absolute atomic E-state index is 11.8. The maximum Gasteiger partial charge on any atom is 0.335 e. The van der Waals surface area contributed by atoms with Gasteiger partial charge in [-0.1, -0.05) is 0 Å². The first-order valence-electron chi connectivity index (χ1n) is 5.44. The number of alkyl halides is 2. The van der Waals surface area contributed by atoms with Crippen LogP contribution >= 0.6 is 0 Å². The van der Waals surface area contributed by atoms with Crippen LogP contribution in [-0.2, 0) is 4.74 Å². The molecule has 0 bridgehead atoms. The molecule has 18 heavy (non-hydrogen) atoms. The highest BCUT2D eigenvalue weighted by atomic mass is 19.3. The van der Waals surface area contributed by atoms with E-state index in [1.54, 1.807) is 19.1 Å². The summed E-state index contributed by atoms with van der Waals surface area (Å²) in [7, 11) is 0. The number of halogens is 2. The van der Waals surface area contributed by atoms with Crippen LogP contribution in [0, 0.1) is 6.92 Å². The first kappa shape index (κ1) is 14.4. The van der Waals surface area contributed by atoms with Crippen LogP contribution in [0.25, 0.3) is 0 Å². The SMILES string of the molecule is Cc1cc(NCCOCC(F)F)ccc1C(=O)O. The summed E-state index contributed by atoms with van der Waals surface area (Å²) in [5.74, 6) is -0.973. The summed E-state index contributed by atoms with van der Waals surface area (Å²) < 4.78 is 28.2. The number of hydrogen-bond acceptors (Lipinski definition) is 3. The molecule has 1 rings (SSSR count). The van der Waals surface area contributed by atoms with Crippen LogP contribution < -0.4 is 5.32 Å². The van der Waals surface area contributed by atoms with Crippen molar-refractivity contribution in [1.29, 1.82) is 0 Å². The predicted octanol–water partition coefficient (Wildman–Crippen LogP) is 2.39. The number of carbonyl (C=O) groups is 1. The third-order valence-electron chi connectivity index (χ3n) is 2.28. The van der Waals surface area contributed by atoms with E-state index in [1.807, 2.05) is 0 Å². The second-order valence-corrected chi connectivity index (χ2v) is 3.73. The van der Waals surface area contributed by atoms with E-state index in [9.17, 15) is 13.6 Å². The van der Waals surface area contributed by atoms with Crippen molar-refractivity contribution in [2.75, 3.05) is 25.1 Å². The fourth-order valence-electron chi connectivity index (χ4n) is 1.45. The molecule has 2 N–H and O–H groups in total. The molecule has 100 valence electrons. The average Bonchev–Trinajstić information content (AvgIpc) is 2.27. The van der Waals surface area contributed by atoms with E-state index in [2.05, 4.69) is 5.32 Å². The molecule has 0 amide bonds. The lowest BCUT2D eigenvalue weighted by atomic mass is 10.1. The van der Waals surface area contributed by atoms with Gasteiger partial charge in [-0.25, -0.2) is 13.6 Å². The zero-order valence-corrected chi connectivity index (χ0v) is 9.95. The van der Waals surface area contributed by atoms with Gasteiger partial charge in [-0.2, -0.15) is 0 Å². The van der Waals surface area contributed by atoms with Gasteiger partial charge in [0, 0.05) is 12.2 Å². The summed E-state index contributed by atoms with van der Waals surface area (Å²) in [6.07, 6.45) is -2.46. The number of carboxylic acids is 1. The lowest BCUT2D eigenvalue weighted by Gasteiger charge is -2.09. The Morgan fingerprint density at radius 2 is 2.22 bits per heavy atom. The second-order valence-electron chi connectivity index (χ2n) is 3.73. The first-order chi connectivity index (χ1) is 8.50. The smallest absolute Gasteiger partial charge is 0.335 e. The second kappa shape index (κ2) is 6.90. The molecule has 0 aliphatic carbocycles. The Morgan fingerprint density at radius 1 is 1.50 bits per heavy atom. The van der Waals surface area contributed by atoms with E-state index in [1.165, 1.54) is 6.07 Å². The van der Waals surface area contributed by atoms with Crippen LogP contribution in [-0.4, -0.2) is 37.3 Å². The van der Waals surface area contributed by atoms with Gasteiger partial charge in [0.05, 0.1) is 12.2 Å². The van der Waals surface area contributed by atoms with E-state index in [0.717, 1.165) is 5.69 Å². The molecule has 0 atom stereocenters. The minimum Gasteiger partial charge on any atom is -0.478 e. The fraction of sp³-hybridized carbons (Fsp3) is 0.417. The summed E-state index contributed by atoms with van der Waals surface area (Å²) in [5.41, 5.74) is 1.62. The van der Waals surface area contributed by atoms with E-state index < -0.39 is 19.0 Å². The lowest BCUT2D eigenvalue weighted by molar-refractivity contribution is 0.0215. The van der Waals surface area contributed by atoms with Crippen LogP contribution in [0.5, 0.6) is 0 Å². The molecule has 0 aliphatic heterocycles. The minimum atomic E-state index is -2.46. The molecule has 0 spiro atoms. The third kappa shape index (κ3) is 4.67. The van der Waals surface area contributed by atoms with Crippen molar-refractivity contribution in [1.82, 2.24) is 0 Å². The number of nitrogens with one attached hydrogen (secondary N) is 1. The van der Waals surface area contributed by atoms with Gasteiger partial charge >= 0.3 is 5.97 Å². The van der Waals surface area contributed by atoms with Crippen LogP contribution in [0.3, 0.4) is 0 Å². The topological polar surface area (TPSA) is 58.6 Å². The molecule has 1 aromatic carbocycles. The van der Waals surface area contributed by atoms with Gasteiger partial charge in [-0.3, -0.25) is 0 Å².